The lowest BCUT2D eigenvalue weighted by atomic mass is 10.2. The van der Waals surface area contributed by atoms with Crippen LogP contribution in [0, 0.1) is 0 Å². The number of carbonyl (C=O) groups excluding carboxylic acids is 1. The number of rotatable bonds is 4. The molecule has 1 atom stereocenters. The van der Waals surface area contributed by atoms with Gasteiger partial charge in [-0.25, -0.2) is 0 Å². The van der Waals surface area contributed by atoms with E-state index in [1.165, 1.54) is 5.69 Å². The quantitative estimate of drug-likeness (QED) is 0.869. The third kappa shape index (κ3) is 4.27. The minimum Gasteiger partial charge on any atom is -0.369 e. The van der Waals surface area contributed by atoms with Gasteiger partial charge in [0, 0.05) is 31.9 Å². The Morgan fingerprint density at radius 3 is 2.36 bits per heavy atom. The fourth-order valence-corrected chi connectivity index (χ4v) is 3.36. The predicted molar refractivity (Wildman–Crippen MR) is 105 cm³/mol. The molecule has 132 valence electrons. The number of hydrogen-bond acceptors (Lipinski definition) is 3. The van der Waals surface area contributed by atoms with Gasteiger partial charge in [-0.15, -0.1) is 0 Å². The molecule has 0 aliphatic carbocycles. The Balaban J connectivity index is 1.58. The Kier molecular flexibility index (Phi) is 5.84. The summed E-state index contributed by atoms with van der Waals surface area (Å²) in [4.78, 5) is 17.1. The molecule has 6 heteroatoms. The molecule has 1 amide bonds. The highest BCUT2D eigenvalue weighted by Gasteiger charge is 2.26. The molecule has 2 aromatic rings. The molecule has 1 N–H and O–H groups in total. The maximum atomic E-state index is 12.6. The van der Waals surface area contributed by atoms with E-state index in [0.29, 0.717) is 15.7 Å². The Bertz CT molecular complexity index is 731. The summed E-state index contributed by atoms with van der Waals surface area (Å²) in [5.41, 5.74) is 1.78. The fourth-order valence-electron chi connectivity index (χ4n) is 3.01. The maximum Gasteiger partial charge on any atom is 0.241 e. The number of halogens is 2. The number of anilines is 2. The van der Waals surface area contributed by atoms with E-state index in [4.69, 9.17) is 23.2 Å². The van der Waals surface area contributed by atoms with E-state index in [-0.39, 0.29) is 11.9 Å². The lowest BCUT2D eigenvalue weighted by Crippen LogP contribution is -2.52. The van der Waals surface area contributed by atoms with Gasteiger partial charge in [0.2, 0.25) is 5.91 Å². The fraction of sp³-hybridized carbons (Fsp3) is 0.316. The van der Waals surface area contributed by atoms with Crippen molar-refractivity contribution in [1.29, 1.82) is 0 Å². The number of nitrogens with zero attached hydrogens (tertiary/aromatic N) is 2. The zero-order valence-corrected chi connectivity index (χ0v) is 15.6. The molecule has 0 aromatic heterocycles. The zero-order chi connectivity index (χ0) is 17.8. The molecule has 0 spiro atoms. The Hall–Kier alpha value is -1.75. The monoisotopic (exact) mass is 377 g/mol. The standard InChI is InChI=1S/C19H21Cl2N3O/c1-14(19(25)22-17-9-5-8-16(20)18(17)21)23-10-12-24(13-11-23)15-6-3-2-4-7-15/h2-9,14H,10-13H2,1H3,(H,22,25)/t14-/m1/s1. The van der Waals surface area contributed by atoms with Crippen molar-refractivity contribution in [2.75, 3.05) is 36.4 Å². The van der Waals surface area contributed by atoms with Crippen LogP contribution in [-0.2, 0) is 4.79 Å². The van der Waals surface area contributed by atoms with Crippen LogP contribution in [0.15, 0.2) is 48.5 Å². The van der Waals surface area contributed by atoms with Gasteiger partial charge in [0.05, 0.1) is 21.8 Å². The van der Waals surface area contributed by atoms with Crippen LogP contribution < -0.4 is 10.2 Å². The molecule has 1 fully saturated rings. The molecule has 3 rings (SSSR count). The highest BCUT2D eigenvalue weighted by Crippen LogP contribution is 2.29. The topological polar surface area (TPSA) is 35.6 Å². The van der Waals surface area contributed by atoms with Gasteiger partial charge in [0.25, 0.3) is 0 Å². The van der Waals surface area contributed by atoms with E-state index in [0.717, 1.165) is 26.2 Å². The first-order valence-electron chi connectivity index (χ1n) is 8.35. The SMILES string of the molecule is C[C@H](C(=O)Nc1cccc(Cl)c1Cl)N1CCN(c2ccccc2)CC1. The maximum absolute atomic E-state index is 12.6. The van der Waals surface area contributed by atoms with Crippen molar-refractivity contribution in [1.82, 2.24) is 4.90 Å². The molecule has 4 nitrogen and oxygen atoms in total. The number of piperazine rings is 1. The lowest BCUT2D eigenvalue weighted by molar-refractivity contribution is -0.120. The van der Waals surface area contributed by atoms with Gasteiger partial charge in [0.15, 0.2) is 0 Å². The summed E-state index contributed by atoms with van der Waals surface area (Å²) >= 11 is 12.1. The van der Waals surface area contributed by atoms with Crippen molar-refractivity contribution in [3.05, 3.63) is 58.6 Å². The van der Waals surface area contributed by atoms with Crippen LogP contribution in [-0.4, -0.2) is 43.0 Å². The molecule has 25 heavy (non-hydrogen) atoms. The average Bonchev–Trinajstić information content (AvgIpc) is 2.65. The molecule has 2 aromatic carbocycles. The van der Waals surface area contributed by atoms with Crippen molar-refractivity contribution in [2.24, 2.45) is 0 Å². The van der Waals surface area contributed by atoms with E-state index >= 15 is 0 Å². The Labute approximate surface area is 158 Å². The predicted octanol–water partition coefficient (Wildman–Crippen LogP) is 4.14. The summed E-state index contributed by atoms with van der Waals surface area (Å²) in [7, 11) is 0. The summed E-state index contributed by atoms with van der Waals surface area (Å²) in [6.45, 7) is 5.41. The second-order valence-corrected chi connectivity index (χ2v) is 6.91. The highest BCUT2D eigenvalue weighted by molar-refractivity contribution is 6.44. The molecule has 1 saturated heterocycles. The van der Waals surface area contributed by atoms with E-state index in [1.807, 2.05) is 25.1 Å². The normalized spacial score (nSPS) is 16.5. The summed E-state index contributed by atoms with van der Waals surface area (Å²) in [5, 5.41) is 3.69. The van der Waals surface area contributed by atoms with Gasteiger partial charge in [0.1, 0.15) is 0 Å². The van der Waals surface area contributed by atoms with E-state index in [9.17, 15) is 4.79 Å². The molecule has 0 saturated carbocycles. The smallest absolute Gasteiger partial charge is 0.241 e. The molecule has 1 aliphatic heterocycles. The molecule has 0 unspecified atom stereocenters. The van der Waals surface area contributed by atoms with Crippen molar-refractivity contribution >= 4 is 40.5 Å². The van der Waals surface area contributed by atoms with Crippen molar-refractivity contribution in [3.8, 4) is 0 Å². The molecule has 1 heterocycles. The molecular weight excluding hydrogens is 357 g/mol. The highest BCUT2D eigenvalue weighted by atomic mass is 35.5. The van der Waals surface area contributed by atoms with Crippen molar-refractivity contribution in [3.63, 3.8) is 0 Å². The zero-order valence-electron chi connectivity index (χ0n) is 14.1. The average molecular weight is 378 g/mol. The number of benzene rings is 2. The Morgan fingerprint density at radius 1 is 1.00 bits per heavy atom. The third-order valence-corrected chi connectivity index (χ3v) is 5.39. The van der Waals surface area contributed by atoms with Gasteiger partial charge >= 0.3 is 0 Å². The molecule has 1 aliphatic rings. The van der Waals surface area contributed by atoms with Crippen LogP contribution in [0.25, 0.3) is 0 Å². The molecular formula is C19H21Cl2N3O. The molecule has 0 bridgehead atoms. The first-order valence-corrected chi connectivity index (χ1v) is 9.11. The van der Waals surface area contributed by atoms with Crippen molar-refractivity contribution < 1.29 is 4.79 Å². The van der Waals surface area contributed by atoms with E-state index in [2.05, 4.69) is 27.2 Å². The largest absolute Gasteiger partial charge is 0.369 e. The number of amides is 1. The van der Waals surface area contributed by atoms with Crippen LogP contribution >= 0.6 is 23.2 Å². The van der Waals surface area contributed by atoms with Crippen LogP contribution in [0.4, 0.5) is 11.4 Å². The first kappa shape index (κ1) is 18.1. The van der Waals surface area contributed by atoms with Crippen LogP contribution in [0.1, 0.15) is 6.92 Å². The third-order valence-electron chi connectivity index (χ3n) is 4.57. The molecule has 0 radical (unpaired) electrons. The van der Waals surface area contributed by atoms with Gasteiger partial charge < -0.3 is 10.2 Å². The van der Waals surface area contributed by atoms with E-state index in [1.54, 1.807) is 18.2 Å². The number of para-hydroxylation sites is 1. The minimum atomic E-state index is -0.229. The number of hydrogen-bond donors (Lipinski definition) is 1. The summed E-state index contributed by atoms with van der Waals surface area (Å²) < 4.78 is 0. The summed E-state index contributed by atoms with van der Waals surface area (Å²) in [6, 6.07) is 15.4. The van der Waals surface area contributed by atoms with Crippen LogP contribution in [0.5, 0.6) is 0 Å². The minimum absolute atomic E-state index is 0.0719. The first-order chi connectivity index (χ1) is 12.1. The second kappa shape index (κ2) is 8.09. The van der Waals surface area contributed by atoms with Gasteiger partial charge in [-0.2, -0.15) is 0 Å². The van der Waals surface area contributed by atoms with Gasteiger partial charge in [-0.05, 0) is 31.2 Å². The second-order valence-electron chi connectivity index (χ2n) is 6.13. The Morgan fingerprint density at radius 2 is 1.68 bits per heavy atom. The van der Waals surface area contributed by atoms with E-state index < -0.39 is 0 Å². The van der Waals surface area contributed by atoms with Crippen LogP contribution in [0.2, 0.25) is 10.0 Å². The number of nitrogens with one attached hydrogen (secondary N) is 1. The van der Waals surface area contributed by atoms with Crippen LogP contribution in [0.3, 0.4) is 0 Å². The number of carbonyl (C=O) groups is 1. The summed E-state index contributed by atoms with van der Waals surface area (Å²) in [5.74, 6) is -0.0719. The lowest BCUT2D eigenvalue weighted by Gasteiger charge is -2.38. The summed E-state index contributed by atoms with van der Waals surface area (Å²) in [6.07, 6.45) is 0. The van der Waals surface area contributed by atoms with Crippen molar-refractivity contribution in [2.45, 2.75) is 13.0 Å². The van der Waals surface area contributed by atoms with Gasteiger partial charge in [-0.1, -0.05) is 47.5 Å². The van der Waals surface area contributed by atoms with Gasteiger partial charge in [-0.3, -0.25) is 9.69 Å².